The molecule has 1 N–H and O–H groups in total. The molecular formula is C31H37ClN2O3. The summed E-state index contributed by atoms with van der Waals surface area (Å²) in [4.78, 5) is 28.8. The molecule has 0 spiro atoms. The van der Waals surface area contributed by atoms with E-state index in [1.165, 1.54) is 0 Å². The fourth-order valence-electron chi connectivity index (χ4n) is 4.16. The number of rotatable bonds is 14. The Morgan fingerprint density at radius 3 is 2.38 bits per heavy atom. The lowest BCUT2D eigenvalue weighted by Crippen LogP contribution is -2.50. The lowest BCUT2D eigenvalue weighted by atomic mass is 10.0. The summed E-state index contributed by atoms with van der Waals surface area (Å²) in [5.41, 5.74) is 3.14. The highest BCUT2D eigenvalue weighted by molar-refractivity contribution is 6.30. The molecule has 0 saturated carbocycles. The zero-order valence-corrected chi connectivity index (χ0v) is 22.5. The highest BCUT2D eigenvalue weighted by Gasteiger charge is 2.30. The minimum absolute atomic E-state index is 0.0622. The van der Waals surface area contributed by atoms with Gasteiger partial charge in [-0.05, 0) is 55.2 Å². The first-order valence-corrected chi connectivity index (χ1v) is 13.4. The maximum Gasteiger partial charge on any atom is 0.243 e. The summed E-state index contributed by atoms with van der Waals surface area (Å²) in [6.07, 6.45) is 3.17. The van der Waals surface area contributed by atoms with Crippen LogP contribution in [0.3, 0.4) is 0 Å². The van der Waals surface area contributed by atoms with Crippen molar-refractivity contribution in [1.29, 1.82) is 0 Å². The Bertz CT molecular complexity index is 1120. The van der Waals surface area contributed by atoms with Crippen molar-refractivity contribution in [2.45, 2.75) is 58.5 Å². The number of benzene rings is 3. The summed E-state index contributed by atoms with van der Waals surface area (Å²) in [5, 5.41) is 3.71. The Kier molecular flexibility index (Phi) is 11.5. The van der Waals surface area contributed by atoms with Crippen LogP contribution in [-0.4, -0.2) is 35.9 Å². The quantitative estimate of drug-likeness (QED) is 0.251. The molecule has 6 heteroatoms. The number of aryl methyl sites for hydroxylation is 1. The average Bonchev–Trinajstić information content (AvgIpc) is 2.90. The van der Waals surface area contributed by atoms with Crippen LogP contribution in [0.2, 0.25) is 5.02 Å². The van der Waals surface area contributed by atoms with Gasteiger partial charge in [0.15, 0.2) is 0 Å². The zero-order chi connectivity index (χ0) is 26.5. The fourth-order valence-corrected chi connectivity index (χ4v) is 4.28. The van der Waals surface area contributed by atoms with E-state index < -0.39 is 6.04 Å². The van der Waals surface area contributed by atoms with Crippen LogP contribution in [0, 0.1) is 6.92 Å². The molecule has 3 aromatic rings. The van der Waals surface area contributed by atoms with Gasteiger partial charge in [0.05, 0.1) is 6.61 Å². The van der Waals surface area contributed by atoms with E-state index in [0.29, 0.717) is 43.3 Å². The van der Waals surface area contributed by atoms with E-state index in [4.69, 9.17) is 16.3 Å². The van der Waals surface area contributed by atoms with Gasteiger partial charge >= 0.3 is 0 Å². The molecule has 196 valence electrons. The minimum Gasteiger partial charge on any atom is -0.494 e. The molecule has 0 fully saturated rings. The van der Waals surface area contributed by atoms with Gasteiger partial charge in [-0.2, -0.15) is 0 Å². The lowest BCUT2D eigenvalue weighted by Gasteiger charge is -2.32. The van der Waals surface area contributed by atoms with E-state index in [-0.39, 0.29) is 18.2 Å². The second-order valence-electron chi connectivity index (χ2n) is 9.27. The molecule has 0 aliphatic rings. The number of nitrogens with one attached hydrogen (secondary N) is 1. The van der Waals surface area contributed by atoms with Crippen molar-refractivity contribution in [3.05, 3.63) is 101 Å². The number of carbonyl (C=O) groups excluding carboxylic acids is 2. The molecular weight excluding hydrogens is 484 g/mol. The molecule has 37 heavy (non-hydrogen) atoms. The predicted molar refractivity (Wildman–Crippen MR) is 150 cm³/mol. The average molecular weight is 521 g/mol. The maximum atomic E-state index is 13.6. The lowest BCUT2D eigenvalue weighted by molar-refractivity contribution is -0.141. The number of hydrogen-bond donors (Lipinski definition) is 1. The Morgan fingerprint density at radius 2 is 1.68 bits per heavy atom. The molecule has 0 aromatic heterocycles. The van der Waals surface area contributed by atoms with Gasteiger partial charge in [0.2, 0.25) is 11.8 Å². The molecule has 3 rings (SSSR count). The van der Waals surface area contributed by atoms with Gasteiger partial charge in [0.25, 0.3) is 0 Å². The van der Waals surface area contributed by atoms with Crippen molar-refractivity contribution in [2.24, 2.45) is 0 Å². The molecule has 0 radical (unpaired) electrons. The molecule has 1 atom stereocenters. The third-order valence-electron chi connectivity index (χ3n) is 6.15. The summed E-state index contributed by atoms with van der Waals surface area (Å²) in [7, 11) is 0. The summed E-state index contributed by atoms with van der Waals surface area (Å²) >= 11 is 5.94. The van der Waals surface area contributed by atoms with E-state index in [0.717, 1.165) is 29.5 Å². The van der Waals surface area contributed by atoms with Crippen LogP contribution in [0.25, 0.3) is 0 Å². The SMILES string of the molecule is CCCCNC(=O)[C@H](Cc1ccccc1)N(Cc1cccc(C)c1)C(=O)CCCOc1ccc(Cl)cc1. The van der Waals surface area contributed by atoms with Gasteiger partial charge in [-0.1, -0.05) is 85.1 Å². The fraction of sp³-hybridized carbons (Fsp3) is 0.355. The van der Waals surface area contributed by atoms with E-state index in [1.807, 2.05) is 67.6 Å². The van der Waals surface area contributed by atoms with Crippen LogP contribution in [0.15, 0.2) is 78.9 Å². The van der Waals surface area contributed by atoms with E-state index in [1.54, 1.807) is 17.0 Å². The first-order valence-electron chi connectivity index (χ1n) is 13.0. The number of carbonyl (C=O) groups is 2. The van der Waals surface area contributed by atoms with E-state index in [2.05, 4.69) is 18.3 Å². The number of amides is 2. The number of hydrogen-bond acceptors (Lipinski definition) is 3. The maximum absolute atomic E-state index is 13.6. The highest BCUT2D eigenvalue weighted by atomic mass is 35.5. The van der Waals surface area contributed by atoms with E-state index >= 15 is 0 Å². The third kappa shape index (κ3) is 9.58. The van der Waals surface area contributed by atoms with Gasteiger partial charge in [-0.3, -0.25) is 9.59 Å². The predicted octanol–water partition coefficient (Wildman–Crippen LogP) is 6.36. The molecule has 0 bridgehead atoms. The Hall–Kier alpha value is -3.31. The van der Waals surface area contributed by atoms with Crippen LogP contribution in [0.1, 0.15) is 49.3 Å². The highest BCUT2D eigenvalue weighted by Crippen LogP contribution is 2.19. The van der Waals surface area contributed by atoms with Gasteiger partial charge in [0.1, 0.15) is 11.8 Å². The van der Waals surface area contributed by atoms with Crippen LogP contribution in [-0.2, 0) is 22.6 Å². The topological polar surface area (TPSA) is 58.6 Å². The van der Waals surface area contributed by atoms with Crippen molar-refractivity contribution >= 4 is 23.4 Å². The first-order chi connectivity index (χ1) is 18.0. The van der Waals surface area contributed by atoms with E-state index in [9.17, 15) is 9.59 Å². The molecule has 3 aromatic carbocycles. The second-order valence-corrected chi connectivity index (χ2v) is 9.70. The molecule has 0 aliphatic carbocycles. The Morgan fingerprint density at radius 1 is 0.946 bits per heavy atom. The van der Waals surface area contributed by atoms with Crippen molar-refractivity contribution in [1.82, 2.24) is 10.2 Å². The summed E-state index contributed by atoms with van der Waals surface area (Å²) in [6.45, 7) is 5.49. The first kappa shape index (κ1) is 28.3. The Labute approximate surface area is 225 Å². The number of unbranched alkanes of at least 4 members (excludes halogenated alkanes) is 1. The normalized spacial score (nSPS) is 11.5. The molecule has 0 saturated heterocycles. The summed E-state index contributed by atoms with van der Waals surface area (Å²) < 4.78 is 5.79. The molecule has 0 unspecified atom stereocenters. The molecule has 0 aliphatic heterocycles. The van der Waals surface area contributed by atoms with Crippen LogP contribution >= 0.6 is 11.6 Å². The number of halogens is 1. The summed E-state index contributed by atoms with van der Waals surface area (Å²) in [5.74, 6) is 0.536. The van der Waals surface area contributed by atoms with Gasteiger partial charge in [0, 0.05) is 31.0 Å². The minimum atomic E-state index is -0.607. The monoisotopic (exact) mass is 520 g/mol. The third-order valence-corrected chi connectivity index (χ3v) is 6.41. The largest absolute Gasteiger partial charge is 0.494 e. The smallest absolute Gasteiger partial charge is 0.243 e. The van der Waals surface area contributed by atoms with Gasteiger partial charge in [-0.15, -0.1) is 0 Å². The zero-order valence-electron chi connectivity index (χ0n) is 21.8. The Balaban J connectivity index is 1.77. The van der Waals surface area contributed by atoms with Crippen molar-refractivity contribution in [3.63, 3.8) is 0 Å². The molecule has 2 amide bonds. The van der Waals surface area contributed by atoms with Crippen molar-refractivity contribution in [2.75, 3.05) is 13.2 Å². The van der Waals surface area contributed by atoms with Gasteiger partial charge in [-0.25, -0.2) is 0 Å². The number of ether oxygens (including phenoxy) is 1. The van der Waals surface area contributed by atoms with Gasteiger partial charge < -0.3 is 15.0 Å². The summed E-state index contributed by atoms with van der Waals surface area (Å²) in [6, 6.07) is 24.5. The standard InChI is InChI=1S/C31H37ClN2O3/c1-3-4-19-33-31(36)29(22-25-11-6-5-7-12-25)34(23-26-13-8-10-24(2)21-26)30(35)14-9-20-37-28-17-15-27(32)16-18-28/h5-8,10-13,15-18,21,29H,3-4,9,14,19-20,22-23H2,1-2H3,(H,33,36)/t29-/m0/s1. The second kappa shape index (κ2) is 15.1. The van der Waals surface area contributed by atoms with Crippen molar-refractivity contribution in [3.8, 4) is 5.75 Å². The molecule has 5 nitrogen and oxygen atoms in total. The number of nitrogens with zero attached hydrogens (tertiary/aromatic N) is 1. The van der Waals surface area contributed by atoms with Crippen molar-refractivity contribution < 1.29 is 14.3 Å². The molecule has 0 heterocycles. The van der Waals surface area contributed by atoms with Crippen LogP contribution in [0.4, 0.5) is 0 Å². The van der Waals surface area contributed by atoms with Crippen LogP contribution in [0.5, 0.6) is 5.75 Å². The van der Waals surface area contributed by atoms with Crippen LogP contribution < -0.4 is 10.1 Å².